The Hall–Kier alpha value is -1.10. The summed E-state index contributed by atoms with van der Waals surface area (Å²) in [6.07, 6.45) is 0.917. The zero-order chi connectivity index (χ0) is 11.9. The summed E-state index contributed by atoms with van der Waals surface area (Å²) in [5.41, 5.74) is -0.455. The van der Waals surface area contributed by atoms with E-state index in [4.69, 9.17) is 5.11 Å². The maximum atomic E-state index is 11.4. The van der Waals surface area contributed by atoms with E-state index < -0.39 is 11.5 Å². The molecule has 0 aromatic carbocycles. The molecule has 0 radical (unpaired) electrons. The lowest BCUT2D eigenvalue weighted by molar-refractivity contribution is -0.137. The van der Waals surface area contributed by atoms with Gasteiger partial charge in [-0.1, -0.05) is 0 Å². The Kier molecular flexibility index (Phi) is 5.93. The molecule has 0 aromatic rings. The second-order valence-electron chi connectivity index (χ2n) is 4.18. The van der Waals surface area contributed by atoms with Gasteiger partial charge in [-0.3, -0.25) is 9.59 Å². The minimum Gasteiger partial charge on any atom is -0.481 e. The molecule has 0 spiro atoms. The van der Waals surface area contributed by atoms with Crippen molar-refractivity contribution in [2.45, 2.75) is 38.6 Å². The molecule has 0 aliphatic carbocycles. The van der Waals surface area contributed by atoms with Crippen molar-refractivity contribution in [3.05, 3.63) is 0 Å². The number of carboxylic acids is 1. The van der Waals surface area contributed by atoms with Crippen molar-refractivity contribution in [2.75, 3.05) is 13.6 Å². The molecule has 15 heavy (non-hydrogen) atoms. The van der Waals surface area contributed by atoms with Crippen LogP contribution in [0.3, 0.4) is 0 Å². The van der Waals surface area contributed by atoms with E-state index in [1.807, 2.05) is 13.8 Å². The van der Waals surface area contributed by atoms with Gasteiger partial charge >= 0.3 is 5.97 Å². The Morgan fingerprint density at radius 2 is 1.87 bits per heavy atom. The number of carboxylic acid groups (broad SMARTS) is 1. The maximum Gasteiger partial charge on any atom is 0.303 e. The van der Waals surface area contributed by atoms with Crippen LogP contribution in [-0.4, -0.2) is 36.1 Å². The Balaban J connectivity index is 3.90. The van der Waals surface area contributed by atoms with E-state index in [0.717, 1.165) is 0 Å². The molecule has 0 aliphatic rings. The van der Waals surface area contributed by atoms with Gasteiger partial charge in [-0.15, -0.1) is 0 Å². The molecule has 0 unspecified atom stereocenters. The van der Waals surface area contributed by atoms with Gasteiger partial charge in [-0.25, -0.2) is 0 Å². The van der Waals surface area contributed by atoms with Gasteiger partial charge in [0.2, 0.25) is 5.91 Å². The van der Waals surface area contributed by atoms with Gasteiger partial charge in [0.15, 0.2) is 0 Å². The predicted octanol–water partition coefficient (Wildman–Crippen LogP) is 0.355. The molecule has 0 atom stereocenters. The fourth-order valence-corrected chi connectivity index (χ4v) is 1.16. The van der Waals surface area contributed by atoms with Gasteiger partial charge in [0, 0.05) is 24.9 Å². The SMILES string of the molecule is CNCCC(=O)NC(C)(C)CCC(=O)O. The van der Waals surface area contributed by atoms with Crippen molar-refractivity contribution in [1.29, 1.82) is 0 Å². The van der Waals surface area contributed by atoms with Gasteiger partial charge in [0.05, 0.1) is 0 Å². The average Bonchev–Trinajstić information content (AvgIpc) is 2.11. The van der Waals surface area contributed by atoms with Crippen molar-refractivity contribution in [2.24, 2.45) is 0 Å². The molecule has 0 aromatic heterocycles. The normalized spacial score (nSPS) is 11.1. The van der Waals surface area contributed by atoms with Crippen molar-refractivity contribution in [3.8, 4) is 0 Å². The molecule has 3 N–H and O–H groups in total. The first kappa shape index (κ1) is 13.9. The van der Waals surface area contributed by atoms with Gasteiger partial charge in [0.25, 0.3) is 0 Å². The molecular formula is C10H20N2O3. The molecule has 5 nitrogen and oxygen atoms in total. The Morgan fingerprint density at radius 1 is 1.27 bits per heavy atom. The molecule has 0 saturated heterocycles. The number of hydrogen-bond acceptors (Lipinski definition) is 3. The smallest absolute Gasteiger partial charge is 0.303 e. The fourth-order valence-electron chi connectivity index (χ4n) is 1.16. The third kappa shape index (κ3) is 7.93. The molecule has 5 heteroatoms. The molecule has 88 valence electrons. The first-order valence-corrected chi connectivity index (χ1v) is 5.05. The summed E-state index contributed by atoms with van der Waals surface area (Å²) in [5.74, 6) is -0.896. The van der Waals surface area contributed by atoms with Crippen molar-refractivity contribution < 1.29 is 14.7 Å². The number of amides is 1. The summed E-state index contributed by atoms with van der Waals surface area (Å²) in [5, 5.41) is 14.2. The van der Waals surface area contributed by atoms with E-state index in [9.17, 15) is 9.59 Å². The van der Waals surface area contributed by atoms with Crippen LogP contribution in [0.5, 0.6) is 0 Å². The second kappa shape index (κ2) is 6.40. The van der Waals surface area contributed by atoms with Crippen LogP contribution in [0.4, 0.5) is 0 Å². The molecule has 0 heterocycles. The number of carbonyl (C=O) groups is 2. The molecule has 1 amide bonds. The topological polar surface area (TPSA) is 78.4 Å². The van der Waals surface area contributed by atoms with Gasteiger partial charge < -0.3 is 15.7 Å². The predicted molar refractivity (Wildman–Crippen MR) is 57.6 cm³/mol. The number of aliphatic carboxylic acids is 1. The van der Waals surface area contributed by atoms with E-state index in [1.54, 1.807) is 7.05 Å². The Bertz CT molecular complexity index is 227. The maximum absolute atomic E-state index is 11.4. The molecule has 0 aliphatic heterocycles. The van der Waals surface area contributed by atoms with Crippen molar-refractivity contribution >= 4 is 11.9 Å². The van der Waals surface area contributed by atoms with Crippen LogP contribution in [0.25, 0.3) is 0 Å². The van der Waals surface area contributed by atoms with E-state index in [0.29, 0.717) is 19.4 Å². The van der Waals surface area contributed by atoms with Crippen LogP contribution in [0.1, 0.15) is 33.1 Å². The zero-order valence-electron chi connectivity index (χ0n) is 9.59. The molecule has 0 rings (SSSR count). The van der Waals surface area contributed by atoms with E-state index in [-0.39, 0.29) is 12.3 Å². The summed E-state index contributed by atoms with van der Waals surface area (Å²) < 4.78 is 0. The van der Waals surface area contributed by atoms with Crippen LogP contribution in [0.2, 0.25) is 0 Å². The lowest BCUT2D eigenvalue weighted by Crippen LogP contribution is -2.44. The quantitative estimate of drug-likeness (QED) is 0.574. The molecule has 0 saturated carbocycles. The zero-order valence-corrected chi connectivity index (χ0v) is 9.59. The third-order valence-corrected chi connectivity index (χ3v) is 2.04. The van der Waals surface area contributed by atoms with Gasteiger partial charge in [-0.2, -0.15) is 0 Å². The summed E-state index contributed by atoms with van der Waals surface area (Å²) in [6, 6.07) is 0. The monoisotopic (exact) mass is 216 g/mol. The second-order valence-corrected chi connectivity index (χ2v) is 4.18. The number of nitrogens with one attached hydrogen (secondary N) is 2. The summed E-state index contributed by atoms with van der Waals surface area (Å²) in [7, 11) is 1.78. The molecule has 0 fully saturated rings. The van der Waals surface area contributed by atoms with Crippen molar-refractivity contribution in [3.63, 3.8) is 0 Å². The van der Waals surface area contributed by atoms with E-state index >= 15 is 0 Å². The minimum absolute atomic E-state index is 0.0558. The number of hydrogen-bond donors (Lipinski definition) is 3. The minimum atomic E-state index is -0.840. The summed E-state index contributed by atoms with van der Waals surface area (Å²) >= 11 is 0. The van der Waals surface area contributed by atoms with E-state index in [2.05, 4.69) is 10.6 Å². The van der Waals surface area contributed by atoms with Gasteiger partial charge in [-0.05, 0) is 27.3 Å². The first-order chi connectivity index (χ1) is 6.87. The van der Waals surface area contributed by atoms with Crippen LogP contribution in [-0.2, 0) is 9.59 Å². The third-order valence-electron chi connectivity index (χ3n) is 2.04. The Labute approximate surface area is 90.2 Å². The highest BCUT2D eigenvalue weighted by molar-refractivity contribution is 5.77. The standard InChI is InChI=1S/C10H20N2O3/c1-10(2,6-4-9(14)15)12-8(13)5-7-11-3/h11H,4-7H2,1-3H3,(H,12,13)(H,14,15). The highest BCUT2D eigenvalue weighted by Gasteiger charge is 2.20. The lowest BCUT2D eigenvalue weighted by Gasteiger charge is -2.25. The number of rotatable bonds is 7. The highest BCUT2D eigenvalue weighted by Crippen LogP contribution is 2.11. The summed E-state index contributed by atoms with van der Waals surface area (Å²) in [4.78, 5) is 21.7. The highest BCUT2D eigenvalue weighted by atomic mass is 16.4. The lowest BCUT2D eigenvalue weighted by atomic mass is 9.98. The fraction of sp³-hybridized carbons (Fsp3) is 0.800. The number of carbonyl (C=O) groups excluding carboxylic acids is 1. The average molecular weight is 216 g/mol. The van der Waals surface area contributed by atoms with Crippen LogP contribution in [0.15, 0.2) is 0 Å². The van der Waals surface area contributed by atoms with Crippen molar-refractivity contribution in [1.82, 2.24) is 10.6 Å². The van der Waals surface area contributed by atoms with E-state index in [1.165, 1.54) is 0 Å². The van der Waals surface area contributed by atoms with Crippen LogP contribution < -0.4 is 10.6 Å². The van der Waals surface area contributed by atoms with Crippen LogP contribution in [0, 0.1) is 0 Å². The van der Waals surface area contributed by atoms with Gasteiger partial charge in [0.1, 0.15) is 0 Å². The summed E-state index contributed by atoms with van der Waals surface area (Å²) in [6.45, 7) is 4.28. The molecule has 0 bridgehead atoms. The van der Waals surface area contributed by atoms with Crippen LogP contribution >= 0.6 is 0 Å². The Morgan fingerprint density at radius 3 is 2.33 bits per heavy atom. The largest absolute Gasteiger partial charge is 0.481 e. The molecular weight excluding hydrogens is 196 g/mol. The first-order valence-electron chi connectivity index (χ1n) is 5.05.